The topological polar surface area (TPSA) is 94.2 Å². The zero-order valence-corrected chi connectivity index (χ0v) is 15.1. The van der Waals surface area contributed by atoms with Crippen molar-refractivity contribution < 1.29 is 13.9 Å². The van der Waals surface area contributed by atoms with Gasteiger partial charge in [0.15, 0.2) is 0 Å². The Morgan fingerprint density at radius 2 is 2.19 bits per heavy atom. The number of aryl methyl sites for hydroxylation is 1. The molecule has 0 bridgehead atoms. The first-order valence-electron chi connectivity index (χ1n) is 8.70. The van der Waals surface area contributed by atoms with E-state index in [4.69, 9.17) is 9.15 Å². The number of methoxy groups -OCH3 is 1. The van der Waals surface area contributed by atoms with Gasteiger partial charge in [-0.25, -0.2) is 4.98 Å². The van der Waals surface area contributed by atoms with Crippen molar-refractivity contribution in [1.82, 2.24) is 25.1 Å². The van der Waals surface area contributed by atoms with Crippen molar-refractivity contribution in [2.24, 2.45) is 0 Å². The van der Waals surface area contributed by atoms with E-state index in [1.807, 2.05) is 19.1 Å². The maximum absolute atomic E-state index is 12.9. The van der Waals surface area contributed by atoms with E-state index < -0.39 is 0 Å². The molecule has 0 saturated carbocycles. The van der Waals surface area contributed by atoms with Crippen LogP contribution in [0.15, 0.2) is 41.2 Å². The predicted octanol–water partition coefficient (Wildman–Crippen LogP) is 2.47. The Morgan fingerprint density at radius 1 is 1.30 bits per heavy atom. The number of carbonyl (C=O) groups is 1. The summed E-state index contributed by atoms with van der Waals surface area (Å²) in [7, 11) is 1.58. The first-order chi connectivity index (χ1) is 13.2. The summed E-state index contributed by atoms with van der Waals surface area (Å²) in [6.45, 7) is 3.08. The largest absolute Gasteiger partial charge is 0.496 e. The average Bonchev–Trinajstić information content (AvgIpc) is 3.37. The van der Waals surface area contributed by atoms with Crippen LogP contribution >= 0.6 is 0 Å². The Labute approximate surface area is 156 Å². The second-order valence-electron chi connectivity index (χ2n) is 6.43. The molecular weight excluding hydrogens is 346 g/mol. The van der Waals surface area contributed by atoms with Crippen LogP contribution in [0.5, 0.6) is 5.75 Å². The highest BCUT2D eigenvalue weighted by Gasteiger charge is 2.32. The molecule has 0 aliphatic carbocycles. The summed E-state index contributed by atoms with van der Waals surface area (Å²) in [5.74, 6) is 1.42. The third-order valence-electron chi connectivity index (χ3n) is 4.69. The second-order valence-corrected chi connectivity index (χ2v) is 6.43. The minimum absolute atomic E-state index is 0.00248. The lowest BCUT2D eigenvalue weighted by molar-refractivity contribution is 0.0786. The third-order valence-corrected chi connectivity index (χ3v) is 4.69. The number of ether oxygens (including phenoxy) is 1. The van der Waals surface area contributed by atoms with Gasteiger partial charge in [-0.05, 0) is 25.0 Å². The van der Waals surface area contributed by atoms with Crippen LogP contribution in [0.2, 0.25) is 0 Å². The Balaban J connectivity index is 1.50. The predicted molar refractivity (Wildman–Crippen MR) is 96.3 cm³/mol. The summed E-state index contributed by atoms with van der Waals surface area (Å²) in [6.07, 6.45) is 5.50. The number of amides is 1. The summed E-state index contributed by atoms with van der Waals surface area (Å²) in [6, 6.07) is 5.58. The van der Waals surface area contributed by atoms with Gasteiger partial charge in [0, 0.05) is 25.5 Å². The van der Waals surface area contributed by atoms with Crippen molar-refractivity contribution in [3.05, 3.63) is 53.8 Å². The zero-order chi connectivity index (χ0) is 18.8. The molecule has 1 amide bonds. The molecule has 1 fully saturated rings. The molecule has 1 atom stereocenters. The molecule has 1 aromatic carbocycles. The van der Waals surface area contributed by atoms with E-state index in [-0.39, 0.29) is 11.8 Å². The van der Waals surface area contributed by atoms with Gasteiger partial charge < -0.3 is 14.1 Å². The van der Waals surface area contributed by atoms with E-state index in [1.165, 1.54) is 0 Å². The first kappa shape index (κ1) is 17.1. The quantitative estimate of drug-likeness (QED) is 0.701. The molecule has 3 aromatic rings. The van der Waals surface area contributed by atoms with Gasteiger partial charge >= 0.3 is 0 Å². The SMILES string of the molecule is COc1c(C)cccc1C(=O)N1CCC(c2nnc(-c3cnccn3)o2)C1. The number of rotatable bonds is 4. The fourth-order valence-electron chi connectivity index (χ4n) is 3.32. The van der Waals surface area contributed by atoms with Gasteiger partial charge in [-0.2, -0.15) is 0 Å². The van der Waals surface area contributed by atoms with Gasteiger partial charge in [0.1, 0.15) is 11.4 Å². The molecule has 2 aromatic heterocycles. The number of benzene rings is 1. The van der Waals surface area contributed by atoms with Crippen molar-refractivity contribution in [3.8, 4) is 17.3 Å². The monoisotopic (exact) mass is 365 g/mol. The number of para-hydroxylation sites is 1. The normalized spacial score (nSPS) is 16.5. The van der Waals surface area contributed by atoms with E-state index in [0.717, 1.165) is 12.0 Å². The number of hydrogen-bond acceptors (Lipinski definition) is 7. The minimum Gasteiger partial charge on any atom is -0.496 e. The molecule has 27 heavy (non-hydrogen) atoms. The first-order valence-corrected chi connectivity index (χ1v) is 8.70. The van der Waals surface area contributed by atoms with Gasteiger partial charge in [0.25, 0.3) is 11.8 Å². The molecule has 1 aliphatic rings. The minimum atomic E-state index is -0.0493. The Bertz CT molecular complexity index is 957. The molecular formula is C19H19N5O3. The molecule has 4 rings (SSSR count). The van der Waals surface area contributed by atoms with Gasteiger partial charge in [-0.1, -0.05) is 12.1 Å². The maximum Gasteiger partial charge on any atom is 0.267 e. The molecule has 0 spiro atoms. The molecule has 138 valence electrons. The van der Waals surface area contributed by atoms with Crippen molar-refractivity contribution >= 4 is 5.91 Å². The summed E-state index contributed by atoms with van der Waals surface area (Å²) >= 11 is 0. The van der Waals surface area contributed by atoms with E-state index in [2.05, 4.69) is 20.2 Å². The molecule has 1 unspecified atom stereocenters. The Kier molecular flexibility index (Phi) is 4.53. The fraction of sp³-hybridized carbons (Fsp3) is 0.316. The summed E-state index contributed by atoms with van der Waals surface area (Å²) in [5.41, 5.74) is 2.04. The Morgan fingerprint density at radius 3 is 2.96 bits per heavy atom. The third kappa shape index (κ3) is 3.25. The highest BCUT2D eigenvalue weighted by atomic mass is 16.5. The standard InChI is InChI=1S/C19H19N5O3/c1-12-4-3-5-14(16(12)26-2)19(25)24-9-6-13(11-24)17-22-23-18(27-17)15-10-20-7-8-21-15/h3-5,7-8,10,13H,6,9,11H2,1-2H3. The highest BCUT2D eigenvalue weighted by Crippen LogP contribution is 2.31. The molecule has 8 nitrogen and oxygen atoms in total. The fourth-order valence-corrected chi connectivity index (χ4v) is 3.32. The molecule has 0 N–H and O–H groups in total. The second kappa shape index (κ2) is 7.14. The number of nitrogens with zero attached hydrogens (tertiary/aromatic N) is 5. The van der Waals surface area contributed by atoms with Crippen molar-refractivity contribution in [3.63, 3.8) is 0 Å². The van der Waals surface area contributed by atoms with E-state index in [0.29, 0.717) is 41.9 Å². The smallest absolute Gasteiger partial charge is 0.267 e. The number of hydrogen-bond donors (Lipinski definition) is 0. The zero-order valence-electron chi connectivity index (χ0n) is 15.1. The maximum atomic E-state index is 12.9. The van der Waals surface area contributed by atoms with Gasteiger partial charge in [0.2, 0.25) is 5.89 Å². The Hall–Kier alpha value is -3.29. The van der Waals surface area contributed by atoms with E-state index in [9.17, 15) is 4.79 Å². The van der Waals surface area contributed by atoms with E-state index >= 15 is 0 Å². The lowest BCUT2D eigenvalue weighted by Crippen LogP contribution is -2.29. The average molecular weight is 365 g/mol. The van der Waals surface area contributed by atoms with Gasteiger partial charge in [-0.15, -0.1) is 10.2 Å². The van der Waals surface area contributed by atoms with Crippen molar-refractivity contribution in [1.29, 1.82) is 0 Å². The van der Waals surface area contributed by atoms with Crippen LogP contribution in [-0.4, -0.2) is 51.2 Å². The van der Waals surface area contributed by atoms with Crippen LogP contribution in [0, 0.1) is 6.92 Å². The van der Waals surface area contributed by atoms with E-state index in [1.54, 1.807) is 36.7 Å². The van der Waals surface area contributed by atoms with Gasteiger partial charge in [-0.3, -0.25) is 9.78 Å². The van der Waals surface area contributed by atoms with Crippen molar-refractivity contribution in [2.45, 2.75) is 19.3 Å². The molecule has 8 heteroatoms. The van der Waals surface area contributed by atoms with Crippen LogP contribution < -0.4 is 4.74 Å². The number of aromatic nitrogens is 4. The lowest BCUT2D eigenvalue weighted by Gasteiger charge is -2.18. The van der Waals surface area contributed by atoms with Crippen LogP contribution in [0.1, 0.15) is 34.2 Å². The van der Waals surface area contributed by atoms with Crippen LogP contribution in [-0.2, 0) is 0 Å². The molecule has 1 saturated heterocycles. The summed E-state index contributed by atoms with van der Waals surface area (Å²) < 4.78 is 11.2. The number of likely N-dealkylation sites (tertiary alicyclic amines) is 1. The lowest BCUT2D eigenvalue weighted by atomic mass is 10.1. The van der Waals surface area contributed by atoms with Crippen molar-refractivity contribution in [2.75, 3.05) is 20.2 Å². The molecule has 1 aliphatic heterocycles. The molecule has 0 radical (unpaired) electrons. The molecule has 3 heterocycles. The van der Waals surface area contributed by atoms with Gasteiger partial charge in [0.05, 0.1) is 24.8 Å². The summed E-state index contributed by atoms with van der Waals surface area (Å²) in [5, 5.41) is 8.20. The highest BCUT2D eigenvalue weighted by molar-refractivity contribution is 5.97. The summed E-state index contributed by atoms with van der Waals surface area (Å²) in [4.78, 5) is 22.9. The van der Waals surface area contributed by atoms with Crippen LogP contribution in [0.4, 0.5) is 0 Å². The van der Waals surface area contributed by atoms with Crippen LogP contribution in [0.3, 0.4) is 0 Å². The van der Waals surface area contributed by atoms with Crippen LogP contribution in [0.25, 0.3) is 11.6 Å². The number of carbonyl (C=O) groups excluding carboxylic acids is 1.